The van der Waals surface area contributed by atoms with Gasteiger partial charge in [-0.15, -0.1) is 11.3 Å². The van der Waals surface area contributed by atoms with Crippen LogP contribution in [0.1, 0.15) is 41.1 Å². The lowest BCUT2D eigenvalue weighted by Gasteiger charge is -2.33. The number of halogens is 1. The first-order chi connectivity index (χ1) is 16.7. The van der Waals surface area contributed by atoms with Crippen molar-refractivity contribution in [3.8, 4) is 0 Å². The Hall–Kier alpha value is -2.34. The van der Waals surface area contributed by atoms with Crippen LogP contribution in [0.15, 0.2) is 29.2 Å². The Morgan fingerprint density at radius 2 is 1.86 bits per heavy atom. The van der Waals surface area contributed by atoms with Crippen LogP contribution in [0.3, 0.4) is 0 Å². The number of anilines is 1. The van der Waals surface area contributed by atoms with E-state index in [9.17, 15) is 22.4 Å². The van der Waals surface area contributed by atoms with Gasteiger partial charge in [0.1, 0.15) is 10.8 Å². The van der Waals surface area contributed by atoms with E-state index in [0.29, 0.717) is 29.6 Å². The Morgan fingerprint density at radius 1 is 1.17 bits per heavy atom. The molecule has 1 aromatic carbocycles. The number of sulfonamides is 1. The van der Waals surface area contributed by atoms with Crippen LogP contribution in [-0.4, -0.2) is 68.8 Å². The number of hydrogen-bond donors (Lipinski definition) is 1. The molecule has 11 heteroatoms. The number of esters is 1. The molecule has 0 saturated carbocycles. The van der Waals surface area contributed by atoms with Gasteiger partial charge < -0.3 is 10.1 Å². The Labute approximate surface area is 209 Å². The molecular formula is C24H30FN3O5S2. The minimum Gasteiger partial charge on any atom is -0.462 e. The van der Waals surface area contributed by atoms with E-state index in [1.807, 2.05) is 4.90 Å². The molecule has 4 rings (SSSR count). The molecule has 1 aromatic heterocycles. The maximum Gasteiger partial charge on any atom is 0.341 e. The van der Waals surface area contributed by atoms with Gasteiger partial charge in [-0.25, -0.2) is 17.6 Å². The smallest absolute Gasteiger partial charge is 0.341 e. The summed E-state index contributed by atoms with van der Waals surface area (Å²) < 4.78 is 45.4. The number of fused-ring (bicyclic) bond motifs is 1. The molecule has 1 atom stereocenters. The molecule has 1 N–H and O–H groups in total. The van der Waals surface area contributed by atoms with Crippen LogP contribution in [0.2, 0.25) is 0 Å². The van der Waals surface area contributed by atoms with E-state index in [-0.39, 0.29) is 37.0 Å². The molecule has 1 aliphatic heterocycles. The van der Waals surface area contributed by atoms with Gasteiger partial charge in [-0.3, -0.25) is 9.69 Å². The topological polar surface area (TPSA) is 96.0 Å². The van der Waals surface area contributed by atoms with Gasteiger partial charge in [-0.2, -0.15) is 4.31 Å². The number of amides is 1. The van der Waals surface area contributed by atoms with Crippen molar-refractivity contribution in [2.75, 3.05) is 44.6 Å². The Balaban J connectivity index is 1.38. The standard InChI is InChI=1S/C24H30FN3O5S2/c1-3-33-24(30)22-19-9-4-16(2)14-20(19)34-23(22)26-21(29)15-27-10-12-28(13-11-27)35(31,32)18-7-5-17(25)6-8-18/h5-8,16H,3-4,9-15H2,1-2H3,(H,26,29). The van der Waals surface area contributed by atoms with Gasteiger partial charge in [-0.1, -0.05) is 6.92 Å². The molecular weight excluding hydrogens is 493 g/mol. The number of rotatable bonds is 7. The highest BCUT2D eigenvalue weighted by atomic mass is 32.2. The molecule has 1 aliphatic carbocycles. The highest BCUT2D eigenvalue weighted by Gasteiger charge is 2.31. The summed E-state index contributed by atoms with van der Waals surface area (Å²) in [6.45, 7) is 5.52. The molecule has 35 heavy (non-hydrogen) atoms. The van der Waals surface area contributed by atoms with Gasteiger partial charge in [-0.05, 0) is 61.9 Å². The summed E-state index contributed by atoms with van der Waals surface area (Å²) in [7, 11) is -3.72. The largest absolute Gasteiger partial charge is 0.462 e. The van der Waals surface area contributed by atoms with Crippen molar-refractivity contribution < 1.29 is 27.1 Å². The zero-order valence-electron chi connectivity index (χ0n) is 19.9. The van der Waals surface area contributed by atoms with E-state index < -0.39 is 21.8 Å². The van der Waals surface area contributed by atoms with Gasteiger partial charge in [0.05, 0.1) is 23.6 Å². The van der Waals surface area contributed by atoms with E-state index >= 15 is 0 Å². The molecule has 1 saturated heterocycles. The first-order valence-electron chi connectivity index (χ1n) is 11.8. The average molecular weight is 524 g/mol. The number of carbonyl (C=O) groups excluding carboxylic acids is 2. The lowest BCUT2D eigenvalue weighted by atomic mass is 9.88. The second-order valence-corrected chi connectivity index (χ2v) is 12.0. The Morgan fingerprint density at radius 3 is 2.51 bits per heavy atom. The van der Waals surface area contributed by atoms with Crippen molar-refractivity contribution in [1.82, 2.24) is 9.21 Å². The van der Waals surface area contributed by atoms with Crippen LogP contribution in [0.25, 0.3) is 0 Å². The van der Waals surface area contributed by atoms with Crippen molar-refractivity contribution in [2.24, 2.45) is 5.92 Å². The fourth-order valence-corrected chi connectivity index (χ4v) is 7.35. The van der Waals surface area contributed by atoms with Crippen molar-refractivity contribution in [2.45, 2.75) is 38.0 Å². The first-order valence-corrected chi connectivity index (χ1v) is 14.0. The fraction of sp³-hybridized carbons (Fsp3) is 0.500. The summed E-state index contributed by atoms with van der Waals surface area (Å²) in [6, 6.07) is 4.77. The number of nitrogens with one attached hydrogen (secondary N) is 1. The van der Waals surface area contributed by atoms with Crippen LogP contribution in [-0.2, 0) is 32.4 Å². The third-order valence-corrected chi connectivity index (χ3v) is 9.48. The van der Waals surface area contributed by atoms with E-state index in [2.05, 4.69) is 12.2 Å². The van der Waals surface area contributed by atoms with Crippen LogP contribution in [0, 0.1) is 11.7 Å². The summed E-state index contributed by atoms with van der Waals surface area (Å²) in [5.74, 6) is -0.624. The van der Waals surface area contributed by atoms with E-state index in [1.165, 1.54) is 27.8 Å². The Kier molecular flexibility index (Phi) is 7.89. The monoisotopic (exact) mass is 523 g/mol. The van der Waals surface area contributed by atoms with Gasteiger partial charge in [0.2, 0.25) is 15.9 Å². The first kappa shape index (κ1) is 25.7. The lowest BCUT2D eigenvalue weighted by Crippen LogP contribution is -2.50. The number of benzene rings is 1. The molecule has 0 bridgehead atoms. The molecule has 0 spiro atoms. The SMILES string of the molecule is CCOC(=O)c1c(NC(=O)CN2CCN(S(=O)(=O)c3ccc(F)cc3)CC2)sc2c1CCC(C)C2. The van der Waals surface area contributed by atoms with Crippen LogP contribution >= 0.6 is 11.3 Å². The zero-order valence-corrected chi connectivity index (χ0v) is 21.5. The van der Waals surface area contributed by atoms with Gasteiger partial charge in [0.25, 0.3) is 0 Å². The quantitative estimate of drug-likeness (QED) is 0.561. The number of thiophene rings is 1. The Bertz CT molecular complexity index is 1190. The number of piperazine rings is 1. The molecule has 1 amide bonds. The molecule has 2 aliphatic rings. The fourth-order valence-electron chi connectivity index (χ4n) is 4.51. The molecule has 190 valence electrons. The summed E-state index contributed by atoms with van der Waals surface area (Å²) in [5, 5.41) is 3.44. The average Bonchev–Trinajstić information content (AvgIpc) is 3.16. The second-order valence-electron chi connectivity index (χ2n) is 8.96. The van der Waals surface area contributed by atoms with Crippen LogP contribution in [0.5, 0.6) is 0 Å². The van der Waals surface area contributed by atoms with Gasteiger partial charge in [0.15, 0.2) is 0 Å². The lowest BCUT2D eigenvalue weighted by molar-refractivity contribution is -0.117. The maximum atomic E-state index is 13.2. The normalized spacial score (nSPS) is 19.2. The molecule has 2 heterocycles. The van der Waals surface area contributed by atoms with Crippen molar-refractivity contribution in [3.05, 3.63) is 46.1 Å². The maximum absolute atomic E-state index is 13.2. The van der Waals surface area contributed by atoms with Crippen molar-refractivity contribution in [3.63, 3.8) is 0 Å². The summed E-state index contributed by atoms with van der Waals surface area (Å²) >= 11 is 1.45. The second kappa shape index (κ2) is 10.7. The number of ether oxygens (including phenoxy) is 1. The minimum absolute atomic E-state index is 0.0487. The van der Waals surface area contributed by atoms with Crippen LogP contribution < -0.4 is 5.32 Å². The number of hydrogen-bond acceptors (Lipinski definition) is 7. The van der Waals surface area contributed by atoms with Gasteiger partial charge >= 0.3 is 5.97 Å². The van der Waals surface area contributed by atoms with E-state index in [4.69, 9.17) is 4.74 Å². The van der Waals surface area contributed by atoms with E-state index in [0.717, 1.165) is 41.8 Å². The number of nitrogens with zero attached hydrogens (tertiary/aromatic N) is 2. The summed E-state index contributed by atoms with van der Waals surface area (Å²) in [6.07, 6.45) is 2.67. The highest BCUT2D eigenvalue weighted by Crippen LogP contribution is 2.40. The number of carbonyl (C=O) groups is 2. The highest BCUT2D eigenvalue weighted by molar-refractivity contribution is 7.89. The van der Waals surface area contributed by atoms with Crippen molar-refractivity contribution >= 4 is 38.2 Å². The molecule has 0 radical (unpaired) electrons. The molecule has 8 nitrogen and oxygen atoms in total. The summed E-state index contributed by atoms with van der Waals surface area (Å²) in [4.78, 5) is 28.6. The predicted molar refractivity (Wildman–Crippen MR) is 132 cm³/mol. The molecule has 1 fully saturated rings. The third kappa shape index (κ3) is 5.74. The third-order valence-electron chi connectivity index (χ3n) is 6.39. The summed E-state index contributed by atoms with van der Waals surface area (Å²) in [5.41, 5.74) is 1.46. The van der Waals surface area contributed by atoms with Gasteiger partial charge in [0, 0.05) is 31.1 Å². The van der Waals surface area contributed by atoms with E-state index in [1.54, 1.807) is 6.92 Å². The van der Waals surface area contributed by atoms with Crippen molar-refractivity contribution in [1.29, 1.82) is 0 Å². The molecule has 1 unspecified atom stereocenters. The molecule has 2 aromatic rings. The zero-order chi connectivity index (χ0) is 25.2. The van der Waals surface area contributed by atoms with Crippen LogP contribution in [0.4, 0.5) is 9.39 Å². The minimum atomic E-state index is -3.72. The predicted octanol–water partition coefficient (Wildman–Crippen LogP) is 3.13.